The average molecular weight is 369 g/mol. The van der Waals surface area contributed by atoms with E-state index in [1.165, 1.54) is 4.57 Å². The molecule has 0 radical (unpaired) electrons. The summed E-state index contributed by atoms with van der Waals surface area (Å²) in [7, 11) is 0. The van der Waals surface area contributed by atoms with Gasteiger partial charge < -0.3 is 25.7 Å². The number of nitrogens with one attached hydrogen (secondary N) is 1. The predicted octanol–water partition coefficient (Wildman–Crippen LogP) is -0.271. The van der Waals surface area contributed by atoms with Gasteiger partial charge in [0.1, 0.15) is 18.0 Å². The molecule has 9 nitrogen and oxygen atoms in total. The molecule has 0 aromatic carbocycles. The van der Waals surface area contributed by atoms with E-state index in [-0.39, 0.29) is 17.1 Å². The summed E-state index contributed by atoms with van der Waals surface area (Å²) in [6.45, 7) is 4.56. The first-order valence-electron chi connectivity index (χ1n) is 8.02. The van der Waals surface area contributed by atoms with Crippen molar-refractivity contribution < 1.29 is 14.9 Å². The Kier molecular flexibility index (Phi) is 4.53. The minimum atomic E-state index is -1.28. The third-order valence-electron chi connectivity index (χ3n) is 4.31. The number of imidazole rings is 1. The van der Waals surface area contributed by atoms with Crippen molar-refractivity contribution in [2.24, 2.45) is 0 Å². The summed E-state index contributed by atoms with van der Waals surface area (Å²) in [6, 6.07) is 0. The molecule has 0 saturated carbocycles. The first kappa shape index (κ1) is 18.1. The Hall–Kier alpha value is -1.67. The Morgan fingerprint density at radius 1 is 1.36 bits per heavy atom. The number of aromatic nitrogens is 4. The maximum atomic E-state index is 12.0. The van der Waals surface area contributed by atoms with Gasteiger partial charge in [0.05, 0.1) is 6.10 Å². The van der Waals surface area contributed by atoms with Crippen LogP contribution in [-0.2, 0) is 4.74 Å². The van der Waals surface area contributed by atoms with Crippen molar-refractivity contribution in [3.63, 3.8) is 0 Å². The third kappa shape index (κ3) is 3.37. The number of aliphatic hydroxyl groups excluding tert-OH is 2. The number of nitrogens with zero attached hydrogens (tertiary/aromatic N) is 3. The maximum absolute atomic E-state index is 12.0. The number of fused-ring (bicyclic) bond motifs is 1. The summed E-state index contributed by atoms with van der Waals surface area (Å²) in [5.41, 5.74) is 5.81. The van der Waals surface area contributed by atoms with Crippen molar-refractivity contribution in [1.29, 1.82) is 0 Å². The highest BCUT2D eigenvalue weighted by Gasteiger charge is 2.45. The number of aryl methyl sites for hydroxylation is 1. The molecule has 1 saturated heterocycles. The van der Waals surface area contributed by atoms with Crippen molar-refractivity contribution in [2.45, 2.75) is 37.9 Å². The number of rotatable bonds is 4. The molecule has 3 heterocycles. The Morgan fingerprint density at radius 2 is 2.04 bits per heavy atom. The van der Waals surface area contributed by atoms with Gasteiger partial charge in [-0.15, -0.1) is 13.2 Å². The summed E-state index contributed by atoms with van der Waals surface area (Å²) in [5, 5.41) is 20.8. The molecule has 25 heavy (non-hydrogen) atoms. The second-order valence-electron chi connectivity index (χ2n) is 7.16. The molecule has 1 unspecified atom stereocenters. The number of hydrogen-bond acceptors (Lipinski definition) is 7. The molecular weight excluding hydrogens is 345 g/mol. The fourth-order valence-corrected chi connectivity index (χ4v) is 3.97. The van der Waals surface area contributed by atoms with E-state index in [9.17, 15) is 15.0 Å². The second kappa shape index (κ2) is 6.25. The number of H-pyrrole nitrogens is 1. The van der Waals surface area contributed by atoms with E-state index in [1.807, 2.05) is 0 Å². The Balaban J connectivity index is 1.97. The summed E-state index contributed by atoms with van der Waals surface area (Å²) in [6.07, 6.45) is 1.80. The minimum absolute atomic E-state index is 0.000452. The van der Waals surface area contributed by atoms with Crippen LogP contribution in [0.5, 0.6) is 0 Å². The number of hydrogen-bond donors (Lipinski definition) is 4. The highest BCUT2D eigenvalue weighted by molar-refractivity contribution is 7.72. The predicted molar refractivity (Wildman–Crippen MR) is 98.6 cm³/mol. The molecule has 1 aliphatic rings. The molecule has 1 aliphatic heterocycles. The van der Waals surface area contributed by atoms with E-state index < -0.39 is 37.0 Å². The van der Waals surface area contributed by atoms with Crippen LogP contribution in [0, 0.1) is 6.92 Å². The van der Waals surface area contributed by atoms with Gasteiger partial charge in [0.2, 0.25) is 5.95 Å². The lowest BCUT2D eigenvalue weighted by Crippen LogP contribution is -2.32. The van der Waals surface area contributed by atoms with Gasteiger partial charge in [-0.25, -0.2) is 9.97 Å². The van der Waals surface area contributed by atoms with Crippen LogP contribution in [0.2, 0.25) is 0 Å². The first-order valence-corrected chi connectivity index (χ1v) is 11.1. The molecular formula is C15H24N5O4P. The van der Waals surface area contributed by atoms with E-state index in [4.69, 9.17) is 10.5 Å². The van der Waals surface area contributed by atoms with Crippen molar-refractivity contribution in [2.75, 3.05) is 25.2 Å². The molecule has 0 spiro atoms. The number of nitrogens with two attached hydrogens (primary N) is 1. The van der Waals surface area contributed by atoms with Gasteiger partial charge in [0.25, 0.3) is 5.56 Å². The van der Waals surface area contributed by atoms with Crippen LogP contribution in [0.3, 0.4) is 0 Å². The zero-order valence-electron chi connectivity index (χ0n) is 14.5. The van der Waals surface area contributed by atoms with Gasteiger partial charge in [0, 0.05) is 0 Å². The lowest BCUT2D eigenvalue weighted by atomic mass is 10.1. The first-order chi connectivity index (χ1) is 11.6. The van der Waals surface area contributed by atoms with Crippen LogP contribution in [-0.4, -0.2) is 73.8 Å². The molecule has 0 bridgehead atoms. The second-order valence-corrected chi connectivity index (χ2v) is 11.5. The lowest BCUT2D eigenvalue weighted by Gasteiger charge is -2.19. The van der Waals surface area contributed by atoms with Gasteiger partial charge in [0.15, 0.2) is 17.4 Å². The Bertz CT molecular complexity index is 901. The largest absolute Gasteiger partial charge is 0.388 e. The van der Waals surface area contributed by atoms with Gasteiger partial charge in [-0.1, -0.05) is 0 Å². The standard InChI is InChI=1S/C15H24N5O4P/c1-7-17-12-9(13(23)18-7)19-15(16)20(12)14-11(22)10(21)8(24-14)5-6-25(2,3)4/h8,10-11,14,21-22H,2,5-6H2,1,3-4H3,(H2,16,19)(H,17,18,23)/t8-,10-,11-,14?/m1/s1. The smallest absolute Gasteiger partial charge is 0.279 e. The molecule has 5 N–H and O–H groups in total. The van der Waals surface area contributed by atoms with Crippen LogP contribution >= 0.6 is 6.89 Å². The monoisotopic (exact) mass is 369 g/mol. The molecule has 4 atom stereocenters. The summed E-state index contributed by atoms with van der Waals surface area (Å²) < 4.78 is 7.25. The van der Waals surface area contributed by atoms with Crippen LogP contribution in [0.1, 0.15) is 18.5 Å². The lowest BCUT2D eigenvalue weighted by molar-refractivity contribution is -0.0340. The quantitative estimate of drug-likeness (QED) is 0.544. The molecule has 3 rings (SSSR count). The minimum Gasteiger partial charge on any atom is -0.388 e. The van der Waals surface area contributed by atoms with E-state index >= 15 is 0 Å². The zero-order valence-corrected chi connectivity index (χ0v) is 15.4. The van der Waals surface area contributed by atoms with E-state index in [0.29, 0.717) is 12.2 Å². The molecule has 0 amide bonds. The Morgan fingerprint density at radius 3 is 2.68 bits per heavy atom. The van der Waals surface area contributed by atoms with E-state index in [1.54, 1.807) is 6.92 Å². The van der Waals surface area contributed by atoms with Gasteiger partial charge in [-0.05, 0) is 32.8 Å². The molecule has 138 valence electrons. The molecule has 1 fully saturated rings. The van der Waals surface area contributed by atoms with Crippen LogP contribution in [0.15, 0.2) is 4.79 Å². The number of nitrogen functional groups attached to an aromatic ring is 1. The van der Waals surface area contributed by atoms with Crippen molar-refractivity contribution in [3.8, 4) is 0 Å². The molecule has 2 aromatic rings. The van der Waals surface area contributed by atoms with Crippen molar-refractivity contribution in [3.05, 3.63) is 16.2 Å². The number of aromatic amines is 1. The fraction of sp³-hybridized carbons (Fsp3) is 0.600. The Labute approximate surface area is 144 Å². The van der Waals surface area contributed by atoms with Crippen LogP contribution < -0.4 is 11.3 Å². The van der Waals surface area contributed by atoms with Gasteiger partial charge in [-0.3, -0.25) is 9.36 Å². The van der Waals surface area contributed by atoms with Crippen LogP contribution in [0.4, 0.5) is 5.95 Å². The topological polar surface area (TPSA) is 139 Å². The average Bonchev–Trinajstić information content (AvgIpc) is 2.95. The van der Waals surface area contributed by atoms with Gasteiger partial charge >= 0.3 is 0 Å². The summed E-state index contributed by atoms with van der Waals surface area (Å²) in [5.74, 6) is 0.396. The number of anilines is 1. The summed E-state index contributed by atoms with van der Waals surface area (Å²) >= 11 is 0. The van der Waals surface area contributed by atoms with Crippen LogP contribution in [0.25, 0.3) is 11.2 Å². The van der Waals surface area contributed by atoms with Crippen molar-refractivity contribution >= 4 is 30.3 Å². The number of aliphatic hydroxyl groups is 2. The highest BCUT2D eigenvalue weighted by Crippen LogP contribution is 2.40. The zero-order chi connectivity index (χ0) is 18.5. The molecule has 0 aliphatic carbocycles. The fourth-order valence-electron chi connectivity index (χ4n) is 3.02. The van der Waals surface area contributed by atoms with Crippen molar-refractivity contribution in [1.82, 2.24) is 19.5 Å². The molecule has 10 heteroatoms. The highest BCUT2D eigenvalue weighted by atomic mass is 31.2. The SMILES string of the molecule is C=P(C)(C)CC[C@H]1OC(n2c(N)nc3c(=O)[nH]c(C)nc32)[C@H](O)[C@@H]1O. The summed E-state index contributed by atoms with van der Waals surface area (Å²) in [4.78, 5) is 22.9. The third-order valence-corrected chi connectivity index (χ3v) is 5.78. The van der Waals surface area contributed by atoms with Gasteiger partial charge in [-0.2, -0.15) is 0 Å². The number of ether oxygens (including phenoxy) is 1. The van der Waals surface area contributed by atoms with E-state index in [2.05, 4.69) is 34.6 Å². The molecule has 2 aromatic heterocycles. The normalized spacial score (nSPS) is 27.2. The van der Waals surface area contributed by atoms with E-state index in [0.717, 1.165) is 6.16 Å². The maximum Gasteiger partial charge on any atom is 0.279 e.